The molecule has 0 saturated heterocycles. The molecule has 0 aliphatic rings. The van der Waals surface area contributed by atoms with E-state index < -0.39 is 0 Å². The third-order valence-corrected chi connectivity index (χ3v) is 5.64. The molecule has 1 heterocycles. The van der Waals surface area contributed by atoms with E-state index in [9.17, 15) is 9.59 Å². The van der Waals surface area contributed by atoms with Gasteiger partial charge in [-0.15, -0.1) is 11.3 Å². The highest BCUT2D eigenvalue weighted by Crippen LogP contribution is 2.29. The zero-order valence-electron chi connectivity index (χ0n) is 18.3. The monoisotopic (exact) mass is 483 g/mol. The maximum atomic E-state index is 12.5. The van der Waals surface area contributed by atoms with Gasteiger partial charge in [-0.2, -0.15) is 0 Å². The lowest BCUT2D eigenvalue weighted by atomic mass is 10.2. The number of carbonyl (C=O) groups excluding carboxylic acids is 2. The number of amides is 2. The van der Waals surface area contributed by atoms with Crippen molar-refractivity contribution in [2.75, 3.05) is 24.4 Å². The minimum atomic E-state index is -0.334. The molecule has 0 fully saturated rings. The van der Waals surface area contributed by atoms with Crippen molar-refractivity contribution in [2.24, 2.45) is 0 Å². The van der Waals surface area contributed by atoms with Crippen molar-refractivity contribution >= 4 is 51.9 Å². The van der Waals surface area contributed by atoms with Crippen LogP contribution in [0.3, 0.4) is 0 Å². The Balaban J connectivity index is 1.57. The summed E-state index contributed by atoms with van der Waals surface area (Å²) in [6, 6.07) is 15.6. The highest BCUT2D eigenvalue weighted by molar-refractivity contribution is 7.80. The van der Waals surface area contributed by atoms with Gasteiger partial charge in [0.05, 0.1) is 24.3 Å². The van der Waals surface area contributed by atoms with Gasteiger partial charge in [0.25, 0.3) is 11.8 Å². The number of unbranched alkanes of at least 4 members (excludes halogenated alkanes) is 1. The van der Waals surface area contributed by atoms with E-state index in [1.807, 2.05) is 11.4 Å². The lowest BCUT2D eigenvalue weighted by Crippen LogP contribution is -2.34. The van der Waals surface area contributed by atoms with Crippen molar-refractivity contribution in [1.82, 2.24) is 5.32 Å². The summed E-state index contributed by atoms with van der Waals surface area (Å²) in [6.07, 6.45) is 2.04. The summed E-state index contributed by atoms with van der Waals surface area (Å²) >= 11 is 6.62. The van der Waals surface area contributed by atoms with E-state index in [1.165, 1.54) is 18.4 Å². The van der Waals surface area contributed by atoms with Crippen LogP contribution in [0.5, 0.6) is 11.5 Å². The van der Waals surface area contributed by atoms with E-state index in [4.69, 9.17) is 21.7 Å². The zero-order valence-corrected chi connectivity index (χ0v) is 20.0. The van der Waals surface area contributed by atoms with Crippen LogP contribution < -0.4 is 25.4 Å². The summed E-state index contributed by atoms with van der Waals surface area (Å²) in [5.41, 5.74) is 1.59. The lowest BCUT2D eigenvalue weighted by Gasteiger charge is -2.14. The number of hydrogen-bond donors (Lipinski definition) is 3. The topological polar surface area (TPSA) is 88.7 Å². The Morgan fingerprint density at radius 2 is 1.82 bits per heavy atom. The molecule has 2 aromatic carbocycles. The third kappa shape index (κ3) is 7.03. The molecule has 3 rings (SSSR count). The van der Waals surface area contributed by atoms with Crippen molar-refractivity contribution in [3.63, 3.8) is 0 Å². The van der Waals surface area contributed by atoms with E-state index in [1.54, 1.807) is 48.5 Å². The normalized spacial score (nSPS) is 10.2. The summed E-state index contributed by atoms with van der Waals surface area (Å²) in [7, 11) is 1.51. The van der Waals surface area contributed by atoms with Gasteiger partial charge in [0, 0.05) is 17.3 Å². The van der Waals surface area contributed by atoms with Gasteiger partial charge < -0.3 is 20.1 Å². The van der Waals surface area contributed by atoms with Crippen LogP contribution in [0, 0.1) is 0 Å². The Hall–Kier alpha value is -3.43. The largest absolute Gasteiger partial charge is 0.494 e. The van der Waals surface area contributed by atoms with Crippen LogP contribution in [-0.4, -0.2) is 30.6 Å². The van der Waals surface area contributed by atoms with Gasteiger partial charge in [-0.1, -0.05) is 19.4 Å². The molecule has 0 radical (unpaired) electrons. The highest BCUT2D eigenvalue weighted by atomic mass is 32.1. The minimum absolute atomic E-state index is 0.140. The fourth-order valence-corrected chi connectivity index (χ4v) is 3.67. The van der Waals surface area contributed by atoms with Crippen LogP contribution in [0.1, 0.15) is 39.8 Å². The van der Waals surface area contributed by atoms with Gasteiger partial charge >= 0.3 is 0 Å². The van der Waals surface area contributed by atoms with Crippen molar-refractivity contribution in [3.8, 4) is 11.5 Å². The second-order valence-corrected chi connectivity index (χ2v) is 8.34. The molecule has 33 heavy (non-hydrogen) atoms. The summed E-state index contributed by atoms with van der Waals surface area (Å²) < 4.78 is 11.0. The quantitative estimate of drug-likeness (QED) is 0.282. The molecule has 3 N–H and O–H groups in total. The van der Waals surface area contributed by atoms with Crippen molar-refractivity contribution < 1.29 is 19.1 Å². The van der Waals surface area contributed by atoms with Crippen LogP contribution in [0.2, 0.25) is 0 Å². The molecule has 2 amide bonds. The molecule has 0 unspecified atom stereocenters. The highest BCUT2D eigenvalue weighted by Gasteiger charge is 2.13. The first-order valence-electron chi connectivity index (χ1n) is 10.4. The molecule has 3 aromatic rings. The van der Waals surface area contributed by atoms with Gasteiger partial charge in [-0.25, -0.2) is 0 Å². The van der Waals surface area contributed by atoms with E-state index in [0.29, 0.717) is 34.2 Å². The maximum Gasteiger partial charge on any atom is 0.265 e. The molecule has 1 aromatic heterocycles. The first-order valence-corrected chi connectivity index (χ1v) is 11.7. The number of anilines is 2. The number of benzene rings is 2. The van der Waals surface area contributed by atoms with Crippen LogP contribution in [0.25, 0.3) is 0 Å². The fraction of sp³-hybridized carbons (Fsp3) is 0.208. The Labute approximate surface area is 202 Å². The first-order chi connectivity index (χ1) is 16.0. The Bertz CT molecular complexity index is 1100. The molecule has 9 heteroatoms. The first kappa shape index (κ1) is 24.2. The minimum Gasteiger partial charge on any atom is -0.494 e. The Kier molecular flexibility index (Phi) is 8.79. The predicted molar refractivity (Wildman–Crippen MR) is 136 cm³/mol. The molecular formula is C24H25N3O4S2. The molecule has 0 aliphatic carbocycles. The van der Waals surface area contributed by atoms with Gasteiger partial charge in [0.2, 0.25) is 0 Å². The van der Waals surface area contributed by atoms with E-state index >= 15 is 0 Å². The van der Waals surface area contributed by atoms with E-state index in [2.05, 4.69) is 22.9 Å². The SMILES string of the molecule is CCCCOc1ccc(C(=O)NC(=S)Nc2ccc(NC(=O)c3cccs3)c(OC)c2)cc1. The maximum absolute atomic E-state index is 12.5. The second kappa shape index (κ2) is 12.0. The standard InChI is InChI=1S/C24H25N3O4S2/c1-3-4-13-31-18-10-7-16(8-11-18)22(28)27-24(32)25-17-9-12-19(20(15-17)30-2)26-23(29)21-6-5-14-33-21/h5-12,14-15H,3-4,13H2,1-2H3,(H,26,29)(H2,25,27,28,32). The number of thiocarbonyl (C=S) groups is 1. The van der Waals surface area contributed by atoms with Gasteiger partial charge in [-0.3, -0.25) is 14.9 Å². The fourth-order valence-electron chi connectivity index (χ4n) is 2.84. The zero-order chi connectivity index (χ0) is 23.6. The summed E-state index contributed by atoms with van der Waals surface area (Å²) in [5, 5.41) is 10.4. The second-order valence-electron chi connectivity index (χ2n) is 6.98. The number of nitrogens with one attached hydrogen (secondary N) is 3. The van der Waals surface area contributed by atoms with Crippen LogP contribution in [0.4, 0.5) is 11.4 Å². The Morgan fingerprint density at radius 3 is 2.48 bits per heavy atom. The molecule has 172 valence electrons. The number of hydrogen-bond acceptors (Lipinski definition) is 6. The average Bonchev–Trinajstić information content (AvgIpc) is 3.36. The van der Waals surface area contributed by atoms with E-state index in [-0.39, 0.29) is 16.9 Å². The molecule has 0 saturated carbocycles. The molecule has 0 bridgehead atoms. The van der Waals surface area contributed by atoms with Crippen LogP contribution in [-0.2, 0) is 0 Å². The number of thiophene rings is 1. The van der Waals surface area contributed by atoms with Crippen molar-refractivity contribution in [1.29, 1.82) is 0 Å². The summed E-state index contributed by atoms with van der Waals surface area (Å²) in [6.45, 7) is 2.75. The number of methoxy groups -OCH3 is 1. The number of rotatable bonds is 9. The summed E-state index contributed by atoms with van der Waals surface area (Å²) in [4.78, 5) is 25.4. The number of carbonyl (C=O) groups is 2. The predicted octanol–water partition coefficient (Wildman–Crippen LogP) is 5.31. The van der Waals surface area contributed by atoms with Gasteiger partial charge in [0.15, 0.2) is 5.11 Å². The number of ether oxygens (including phenoxy) is 2. The molecule has 0 aliphatic heterocycles. The van der Waals surface area contributed by atoms with Crippen LogP contribution >= 0.6 is 23.6 Å². The molecule has 7 nitrogen and oxygen atoms in total. The Morgan fingerprint density at radius 1 is 1.03 bits per heavy atom. The van der Waals surface area contributed by atoms with Gasteiger partial charge in [-0.05, 0) is 66.5 Å². The molecular weight excluding hydrogens is 458 g/mol. The van der Waals surface area contributed by atoms with E-state index in [0.717, 1.165) is 18.6 Å². The lowest BCUT2D eigenvalue weighted by molar-refractivity contribution is 0.0976. The molecule has 0 spiro atoms. The third-order valence-electron chi connectivity index (χ3n) is 4.56. The van der Waals surface area contributed by atoms with Crippen molar-refractivity contribution in [3.05, 3.63) is 70.4 Å². The molecule has 0 atom stereocenters. The average molecular weight is 484 g/mol. The smallest absolute Gasteiger partial charge is 0.265 e. The van der Waals surface area contributed by atoms with Gasteiger partial charge in [0.1, 0.15) is 11.5 Å². The summed E-state index contributed by atoms with van der Waals surface area (Å²) in [5.74, 6) is 0.629. The van der Waals surface area contributed by atoms with Crippen molar-refractivity contribution in [2.45, 2.75) is 19.8 Å². The van der Waals surface area contributed by atoms with Crippen LogP contribution in [0.15, 0.2) is 60.0 Å².